The highest BCUT2D eigenvalue weighted by Gasteiger charge is 2.40. The lowest BCUT2D eigenvalue weighted by Crippen LogP contribution is -2.63. The Morgan fingerprint density at radius 2 is 1.96 bits per heavy atom. The zero-order valence-electron chi connectivity index (χ0n) is 13.2. The molecule has 3 aliphatic heterocycles. The number of nitrogens with zero attached hydrogens (tertiary/aromatic N) is 1. The minimum Gasteiger partial charge on any atom is -0.497 e. The topological polar surface area (TPSA) is 67.9 Å². The molecule has 0 saturated carbocycles. The van der Waals surface area contributed by atoms with Gasteiger partial charge in [-0.3, -0.25) is 9.59 Å². The first-order valence-electron chi connectivity index (χ1n) is 7.60. The highest BCUT2D eigenvalue weighted by molar-refractivity contribution is 5.97. The minimum absolute atomic E-state index is 0.0446. The molecule has 2 amide bonds. The van der Waals surface area contributed by atoms with Gasteiger partial charge in [-0.1, -0.05) is 12.2 Å². The van der Waals surface area contributed by atoms with E-state index in [1.165, 1.54) is 0 Å². The fraction of sp³-hybridized carbons (Fsp3) is 0.412. The number of piperazine rings is 1. The molecule has 6 nitrogen and oxygen atoms in total. The van der Waals surface area contributed by atoms with Crippen molar-refractivity contribution in [1.29, 1.82) is 0 Å². The van der Waals surface area contributed by atoms with Crippen LogP contribution < -0.4 is 14.8 Å². The van der Waals surface area contributed by atoms with Gasteiger partial charge in [-0.05, 0) is 25.0 Å². The van der Waals surface area contributed by atoms with Crippen LogP contribution in [0.3, 0.4) is 0 Å². The van der Waals surface area contributed by atoms with E-state index in [1.807, 2.05) is 24.3 Å². The number of benzene rings is 1. The summed E-state index contributed by atoms with van der Waals surface area (Å²) in [6.45, 7) is 0.342. The smallest absolute Gasteiger partial charge is 0.246 e. The first kappa shape index (κ1) is 15.4. The van der Waals surface area contributed by atoms with Crippen molar-refractivity contribution in [3.63, 3.8) is 0 Å². The van der Waals surface area contributed by atoms with Crippen molar-refractivity contribution in [2.45, 2.75) is 31.5 Å². The second-order valence-corrected chi connectivity index (χ2v) is 5.66. The molecular weight excluding hydrogens is 296 g/mol. The summed E-state index contributed by atoms with van der Waals surface area (Å²) in [6.07, 6.45) is 5.00. The van der Waals surface area contributed by atoms with Crippen molar-refractivity contribution in [3.05, 3.63) is 35.9 Å². The number of hydrogen-bond donors (Lipinski definition) is 1. The van der Waals surface area contributed by atoms with E-state index in [2.05, 4.69) is 5.32 Å². The van der Waals surface area contributed by atoms with Gasteiger partial charge in [-0.2, -0.15) is 0 Å². The van der Waals surface area contributed by atoms with Crippen LogP contribution in [0, 0.1) is 0 Å². The molecule has 6 heteroatoms. The summed E-state index contributed by atoms with van der Waals surface area (Å²) in [6, 6.07) is 4.53. The maximum Gasteiger partial charge on any atom is 0.246 e. The van der Waals surface area contributed by atoms with Gasteiger partial charge in [0, 0.05) is 11.6 Å². The predicted molar refractivity (Wildman–Crippen MR) is 84.2 cm³/mol. The van der Waals surface area contributed by atoms with Gasteiger partial charge in [0.1, 0.15) is 23.6 Å². The largest absolute Gasteiger partial charge is 0.497 e. The van der Waals surface area contributed by atoms with Gasteiger partial charge >= 0.3 is 0 Å². The molecule has 122 valence electrons. The van der Waals surface area contributed by atoms with Crippen LogP contribution in [0.1, 0.15) is 18.4 Å². The summed E-state index contributed by atoms with van der Waals surface area (Å²) in [7, 11) is 3.17. The molecular formula is C17H20N2O4. The van der Waals surface area contributed by atoms with E-state index in [1.54, 1.807) is 25.2 Å². The van der Waals surface area contributed by atoms with Gasteiger partial charge in [0.15, 0.2) is 0 Å². The van der Waals surface area contributed by atoms with E-state index >= 15 is 0 Å². The van der Waals surface area contributed by atoms with Gasteiger partial charge in [0.25, 0.3) is 0 Å². The lowest BCUT2D eigenvalue weighted by Gasteiger charge is -2.39. The third kappa shape index (κ3) is 2.88. The third-order valence-electron chi connectivity index (χ3n) is 4.31. The van der Waals surface area contributed by atoms with Crippen LogP contribution in [-0.2, 0) is 16.1 Å². The molecule has 1 aromatic rings. The number of carbonyl (C=O) groups is 2. The SMILES string of the molecule is COc1ccc(CN2C(=O)[C@@H]3CC=CC[C@H]2C(=O)N3)c(OC)c1. The number of rotatable bonds is 4. The Bertz CT molecular complexity index is 656. The Morgan fingerprint density at radius 1 is 1.17 bits per heavy atom. The van der Waals surface area contributed by atoms with Gasteiger partial charge < -0.3 is 19.7 Å². The Labute approximate surface area is 135 Å². The van der Waals surface area contributed by atoms with Crippen LogP contribution in [0.4, 0.5) is 0 Å². The van der Waals surface area contributed by atoms with Crippen LogP contribution in [-0.4, -0.2) is 43.0 Å². The second-order valence-electron chi connectivity index (χ2n) is 5.66. The number of amides is 2. The molecule has 2 atom stereocenters. The Kier molecular flexibility index (Phi) is 4.23. The van der Waals surface area contributed by atoms with Gasteiger partial charge in [-0.25, -0.2) is 0 Å². The maximum absolute atomic E-state index is 12.6. The Balaban J connectivity index is 1.90. The van der Waals surface area contributed by atoms with Crippen molar-refractivity contribution in [2.24, 2.45) is 0 Å². The van der Waals surface area contributed by atoms with E-state index in [-0.39, 0.29) is 11.8 Å². The second kappa shape index (κ2) is 6.32. The Hall–Kier alpha value is -2.50. The van der Waals surface area contributed by atoms with Crippen molar-refractivity contribution in [3.8, 4) is 11.5 Å². The number of methoxy groups -OCH3 is 2. The monoisotopic (exact) mass is 316 g/mol. The van der Waals surface area contributed by atoms with Gasteiger partial charge in [-0.15, -0.1) is 0 Å². The average molecular weight is 316 g/mol. The molecule has 23 heavy (non-hydrogen) atoms. The molecule has 1 saturated heterocycles. The van der Waals surface area contributed by atoms with Crippen molar-refractivity contribution in [2.75, 3.05) is 14.2 Å². The molecule has 2 bridgehead atoms. The molecule has 0 aromatic heterocycles. The summed E-state index contributed by atoms with van der Waals surface area (Å²) in [5.74, 6) is 1.20. The van der Waals surface area contributed by atoms with Crippen LogP contribution in [0.15, 0.2) is 30.4 Å². The molecule has 4 rings (SSSR count). The summed E-state index contributed by atoms with van der Waals surface area (Å²) in [5, 5.41) is 2.80. The van der Waals surface area contributed by atoms with E-state index in [0.29, 0.717) is 30.9 Å². The van der Waals surface area contributed by atoms with E-state index in [0.717, 1.165) is 5.56 Å². The van der Waals surface area contributed by atoms with E-state index in [9.17, 15) is 9.59 Å². The number of nitrogens with one attached hydrogen (secondary N) is 1. The zero-order valence-corrected chi connectivity index (χ0v) is 13.2. The zero-order chi connectivity index (χ0) is 16.4. The van der Waals surface area contributed by atoms with Crippen LogP contribution in [0.5, 0.6) is 11.5 Å². The molecule has 1 aromatic carbocycles. The quantitative estimate of drug-likeness (QED) is 0.849. The molecule has 3 heterocycles. The van der Waals surface area contributed by atoms with Crippen molar-refractivity contribution < 1.29 is 19.1 Å². The number of hydrogen-bond acceptors (Lipinski definition) is 4. The fourth-order valence-corrected chi connectivity index (χ4v) is 3.03. The molecule has 0 radical (unpaired) electrons. The maximum atomic E-state index is 12.6. The molecule has 0 spiro atoms. The summed E-state index contributed by atoms with van der Waals surface area (Å²) >= 11 is 0. The third-order valence-corrected chi connectivity index (χ3v) is 4.31. The van der Waals surface area contributed by atoms with E-state index in [4.69, 9.17) is 9.47 Å². The first-order valence-corrected chi connectivity index (χ1v) is 7.60. The number of ether oxygens (including phenoxy) is 2. The van der Waals surface area contributed by atoms with Crippen LogP contribution in [0.2, 0.25) is 0 Å². The van der Waals surface area contributed by atoms with Crippen LogP contribution >= 0.6 is 0 Å². The first-order chi connectivity index (χ1) is 11.1. The molecule has 1 fully saturated rings. The predicted octanol–water partition coefficient (Wildman–Crippen LogP) is 1.25. The number of fused-ring (bicyclic) bond motifs is 4. The summed E-state index contributed by atoms with van der Waals surface area (Å²) in [4.78, 5) is 26.5. The number of carbonyl (C=O) groups excluding carboxylic acids is 2. The fourth-order valence-electron chi connectivity index (χ4n) is 3.03. The van der Waals surface area contributed by atoms with Crippen molar-refractivity contribution in [1.82, 2.24) is 10.2 Å². The van der Waals surface area contributed by atoms with Crippen LogP contribution in [0.25, 0.3) is 0 Å². The normalized spacial score (nSPS) is 23.3. The lowest BCUT2D eigenvalue weighted by molar-refractivity contribution is -0.150. The highest BCUT2D eigenvalue weighted by atomic mass is 16.5. The van der Waals surface area contributed by atoms with Gasteiger partial charge in [0.2, 0.25) is 11.8 Å². The average Bonchev–Trinajstić information content (AvgIpc) is 2.55. The standard InChI is InChI=1S/C17H20N2O4/c1-22-12-8-7-11(15(9-12)23-2)10-19-14-6-4-3-5-13(17(19)21)18-16(14)20/h3-4,7-9,13-14H,5-6,10H2,1-2H3,(H,18,20)/t13-,14-/m0/s1. The summed E-state index contributed by atoms with van der Waals surface area (Å²) < 4.78 is 10.6. The molecule has 1 N–H and O–H groups in total. The summed E-state index contributed by atoms with van der Waals surface area (Å²) in [5.41, 5.74) is 0.852. The minimum atomic E-state index is -0.473. The lowest BCUT2D eigenvalue weighted by atomic mass is 9.97. The van der Waals surface area contributed by atoms with Gasteiger partial charge in [0.05, 0.1) is 20.8 Å². The molecule has 0 aliphatic carbocycles. The highest BCUT2D eigenvalue weighted by Crippen LogP contribution is 2.28. The molecule has 3 aliphatic rings. The Morgan fingerprint density at radius 3 is 2.70 bits per heavy atom. The van der Waals surface area contributed by atoms with E-state index < -0.39 is 12.1 Å². The molecule has 0 unspecified atom stereocenters. The van der Waals surface area contributed by atoms with Crippen molar-refractivity contribution >= 4 is 11.8 Å².